The standard InChI is InChI=1S/C43H39IN2O4/c1-3-5-7-9-11-26(12-10-8-6-4-2)45-40(47)32-21-17-28-30-19-23-34-39-35(43(50)46(42(34)49)27-15-13-25(44)14-16-27)24-20-31(37(30)39)29-18-22-33(41(45)48)38(32)36(28)29/h13-24,26H,3-12H2,1-2H3. The van der Waals surface area contributed by atoms with E-state index < -0.39 is 0 Å². The molecule has 50 heavy (non-hydrogen) atoms. The fraction of sp³-hybridized carbons (Fsp3) is 0.302. The van der Waals surface area contributed by atoms with Crippen molar-refractivity contribution in [1.82, 2.24) is 4.90 Å². The third-order valence-electron chi connectivity index (χ3n) is 10.9. The molecule has 0 aliphatic carbocycles. The van der Waals surface area contributed by atoms with Gasteiger partial charge in [0.1, 0.15) is 0 Å². The number of imide groups is 2. The highest BCUT2D eigenvalue weighted by Gasteiger charge is 2.39. The summed E-state index contributed by atoms with van der Waals surface area (Å²) in [4.78, 5) is 59.6. The Kier molecular flexibility index (Phi) is 8.58. The van der Waals surface area contributed by atoms with Crippen molar-refractivity contribution in [3.63, 3.8) is 0 Å². The van der Waals surface area contributed by atoms with Crippen LogP contribution >= 0.6 is 22.6 Å². The largest absolute Gasteiger partial charge is 0.271 e. The minimum absolute atomic E-state index is 0.120. The molecule has 4 amide bonds. The Bertz CT molecular complexity index is 2230. The van der Waals surface area contributed by atoms with Crippen LogP contribution in [0.1, 0.15) is 119 Å². The second kappa shape index (κ2) is 13.1. The Morgan fingerprint density at radius 2 is 0.880 bits per heavy atom. The number of hydrogen-bond donors (Lipinski definition) is 0. The first kappa shape index (κ1) is 32.8. The second-order valence-electron chi connectivity index (χ2n) is 13.9. The van der Waals surface area contributed by atoms with Crippen LogP contribution in [0.5, 0.6) is 0 Å². The molecule has 7 heteroatoms. The monoisotopic (exact) mass is 774 g/mol. The molecule has 0 fully saturated rings. The summed E-state index contributed by atoms with van der Waals surface area (Å²) in [5.74, 6) is -1.10. The number of amides is 4. The van der Waals surface area contributed by atoms with Gasteiger partial charge in [-0.3, -0.25) is 24.1 Å². The lowest BCUT2D eigenvalue weighted by Crippen LogP contribution is -2.47. The van der Waals surface area contributed by atoms with E-state index in [2.05, 4.69) is 36.4 Å². The summed E-state index contributed by atoms with van der Waals surface area (Å²) in [5.41, 5.74) is 2.65. The summed E-state index contributed by atoms with van der Waals surface area (Å²) < 4.78 is 1.02. The molecule has 0 saturated carbocycles. The molecule has 2 aliphatic rings. The van der Waals surface area contributed by atoms with Crippen molar-refractivity contribution in [3.8, 4) is 0 Å². The topological polar surface area (TPSA) is 74.8 Å². The highest BCUT2D eigenvalue weighted by Crippen LogP contribution is 2.47. The van der Waals surface area contributed by atoms with Crippen LogP contribution in [0.25, 0.3) is 43.1 Å². The number of unbranched alkanes of at least 4 members (excludes halogenated alkanes) is 6. The zero-order valence-electron chi connectivity index (χ0n) is 28.5. The first-order valence-corrected chi connectivity index (χ1v) is 19.2. The molecule has 0 unspecified atom stereocenters. The van der Waals surface area contributed by atoms with Gasteiger partial charge in [-0.25, -0.2) is 4.90 Å². The van der Waals surface area contributed by atoms with Gasteiger partial charge in [-0.1, -0.05) is 89.5 Å². The Labute approximate surface area is 305 Å². The summed E-state index contributed by atoms with van der Waals surface area (Å²) in [6.07, 6.45) is 10.5. The lowest BCUT2D eigenvalue weighted by Gasteiger charge is -2.35. The molecule has 6 aromatic carbocycles. The van der Waals surface area contributed by atoms with Crippen molar-refractivity contribution >= 4 is 95.0 Å². The number of hydrogen-bond acceptors (Lipinski definition) is 4. The van der Waals surface area contributed by atoms with Crippen molar-refractivity contribution in [2.75, 3.05) is 4.90 Å². The average molecular weight is 775 g/mol. The number of halogens is 1. The lowest BCUT2D eigenvalue weighted by atomic mass is 9.82. The highest BCUT2D eigenvalue weighted by molar-refractivity contribution is 14.1. The number of nitrogens with zero attached hydrogens (tertiary/aromatic N) is 2. The number of anilines is 1. The van der Waals surface area contributed by atoms with Crippen molar-refractivity contribution in [2.45, 2.75) is 84.1 Å². The molecule has 0 radical (unpaired) electrons. The van der Waals surface area contributed by atoms with Gasteiger partial charge >= 0.3 is 0 Å². The van der Waals surface area contributed by atoms with Crippen LogP contribution in [0, 0.1) is 3.57 Å². The molecule has 6 aromatic rings. The number of rotatable bonds is 12. The highest BCUT2D eigenvalue weighted by atomic mass is 127. The fourth-order valence-corrected chi connectivity index (χ4v) is 8.82. The maximum Gasteiger partial charge on any atom is 0.265 e. The van der Waals surface area contributed by atoms with Crippen molar-refractivity contribution < 1.29 is 19.2 Å². The van der Waals surface area contributed by atoms with E-state index in [9.17, 15) is 19.2 Å². The van der Waals surface area contributed by atoms with E-state index in [0.717, 1.165) is 100 Å². The summed E-state index contributed by atoms with van der Waals surface area (Å²) in [6.45, 7) is 4.39. The molecular formula is C43H39IN2O4. The molecule has 0 saturated heterocycles. The summed E-state index contributed by atoms with van der Waals surface area (Å²) in [5, 5.41) is 6.70. The van der Waals surface area contributed by atoms with Gasteiger partial charge in [0, 0.05) is 42.6 Å². The van der Waals surface area contributed by atoms with E-state index in [1.165, 1.54) is 4.90 Å². The van der Waals surface area contributed by atoms with Gasteiger partial charge in [0.05, 0.1) is 5.69 Å². The van der Waals surface area contributed by atoms with E-state index in [1.807, 2.05) is 60.7 Å². The number of fused-ring (bicyclic) bond motifs is 2. The SMILES string of the molecule is CCCCCCC(CCCCCC)N1C(=O)c2ccc3c4ccc5c6c(ccc(c7ccc(c2c37)C1=O)c64)C(=O)N(c1ccc(I)cc1)C5=O. The van der Waals surface area contributed by atoms with Crippen LogP contribution in [0.4, 0.5) is 5.69 Å². The van der Waals surface area contributed by atoms with E-state index in [-0.39, 0.29) is 29.7 Å². The van der Waals surface area contributed by atoms with Gasteiger partial charge in [-0.05, 0) is 116 Å². The van der Waals surface area contributed by atoms with E-state index in [4.69, 9.17) is 0 Å². The summed E-state index contributed by atoms with van der Waals surface area (Å²) in [7, 11) is 0. The predicted molar refractivity (Wildman–Crippen MR) is 210 cm³/mol. The van der Waals surface area contributed by atoms with Crippen LogP contribution in [0.3, 0.4) is 0 Å². The molecule has 2 heterocycles. The molecular weight excluding hydrogens is 735 g/mol. The minimum atomic E-state index is -0.348. The smallest absolute Gasteiger partial charge is 0.265 e. The van der Waals surface area contributed by atoms with Gasteiger partial charge in [-0.2, -0.15) is 0 Å². The molecule has 8 rings (SSSR count). The maximum absolute atomic E-state index is 14.4. The van der Waals surface area contributed by atoms with Gasteiger partial charge in [0.15, 0.2) is 0 Å². The van der Waals surface area contributed by atoms with Crippen LogP contribution in [-0.2, 0) is 0 Å². The van der Waals surface area contributed by atoms with Crippen molar-refractivity contribution in [3.05, 3.63) is 98.6 Å². The quantitative estimate of drug-likeness (QED) is 0.0408. The second-order valence-corrected chi connectivity index (χ2v) is 15.1. The molecule has 0 spiro atoms. The first-order valence-electron chi connectivity index (χ1n) is 18.1. The maximum atomic E-state index is 14.4. The van der Waals surface area contributed by atoms with Crippen LogP contribution in [0.15, 0.2) is 72.8 Å². The molecule has 0 aromatic heterocycles. The fourth-order valence-electron chi connectivity index (χ4n) is 8.46. The number of carbonyl (C=O) groups excluding carboxylic acids is 4. The predicted octanol–water partition coefficient (Wildman–Crippen LogP) is 11.0. The summed E-state index contributed by atoms with van der Waals surface area (Å²) in [6, 6.07) is 22.5. The normalized spacial score (nSPS) is 14.6. The zero-order chi connectivity index (χ0) is 34.7. The third-order valence-corrected chi connectivity index (χ3v) is 11.6. The van der Waals surface area contributed by atoms with E-state index in [1.54, 1.807) is 17.0 Å². The van der Waals surface area contributed by atoms with Gasteiger partial charge in [0.2, 0.25) is 0 Å². The first-order chi connectivity index (χ1) is 24.3. The van der Waals surface area contributed by atoms with E-state index >= 15 is 0 Å². The van der Waals surface area contributed by atoms with Crippen LogP contribution < -0.4 is 4.90 Å². The molecule has 0 atom stereocenters. The van der Waals surface area contributed by atoms with Gasteiger partial charge < -0.3 is 0 Å². The average Bonchev–Trinajstić information content (AvgIpc) is 3.13. The number of carbonyl (C=O) groups is 4. The zero-order valence-corrected chi connectivity index (χ0v) is 30.6. The van der Waals surface area contributed by atoms with E-state index in [0.29, 0.717) is 38.7 Å². The molecule has 6 nitrogen and oxygen atoms in total. The Balaban J connectivity index is 1.26. The third kappa shape index (κ3) is 5.02. The number of benzene rings is 6. The van der Waals surface area contributed by atoms with Crippen LogP contribution in [0.2, 0.25) is 0 Å². The molecule has 2 aliphatic heterocycles. The van der Waals surface area contributed by atoms with Gasteiger partial charge in [0.25, 0.3) is 23.6 Å². The lowest BCUT2D eigenvalue weighted by molar-refractivity contribution is 0.0516. The Morgan fingerprint density at radius 1 is 0.480 bits per heavy atom. The minimum Gasteiger partial charge on any atom is -0.271 e. The van der Waals surface area contributed by atoms with Crippen LogP contribution in [-0.4, -0.2) is 34.6 Å². The molecule has 252 valence electrons. The molecule has 0 bridgehead atoms. The Morgan fingerprint density at radius 3 is 1.28 bits per heavy atom. The van der Waals surface area contributed by atoms with Crippen molar-refractivity contribution in [1.29, 1.82) is 0 Å². The van der Waals surface area contributed by atoms with Gasteiger partial charge in [-0.15, -0.1) is 0 Å². The van der Waals surface area contributed by atoms with Crippen molar-refractivity contribution in [2.24, 2.45) is 0 Å². The Hall–Kier alpha value is -4.37. The molecule has 0 N–H and O–H groups in total. The summed E-state index contributed by atoms with van der Waals surface area (Å²) >= 11 is 2.20.